The molecule has 2 aromatic rings. The molecular formula is C16H17FN2O. The maximum atomic E-state index is 13.2. The van der Waals surface area contributed by atoms with E-state index in [-0.39, 0.29) is 11.7 Å². The summed E-state index contributed by atoms with van der Waals surface area (Å²) in [6, 6.07) is 12.3. The number of halogens is 1. The highest BCUT2D eigenvalue weighted by atomic mass is 19.1. The number of benzene rings is 2. The average Bonchev–Trinajstić information content (AvgIpc) is 2.48. The average molecular weight is 272 g/mol. The third-order valence-corrected chi connectivity index (χ3v) is 3.07. The predicted molar refractivity (Wildman–Crippen MR) is 78.3 cm³/mol. The van der Waals surface area contributed by atoms with Gasteiger partial charge in [-0.05, 0) is 42.3 Å². The number of carbonyl (C=O) groups excluding carboxylic acids is 1. The van der Waals surface area contributed by atoms with Crippen molar-refractivity contribution in [3.8, 4) is 0 Å². The fourth-order valence-corrected chi connectivity index (χ4v) is 1.94. The first-order valence-corrected chi connectivity index (χ1v) is 6.41. The van der Waals surface area contributed by atoms with Gasteiger partial charge in [-0.2, -0.15) is 0 Å². The Bertz CT molecular complexity index is 626. The Morgan fingerprint density at radius 2 is 2.00 bits per heavy atom. The van der Waals surface area contributed by atoms with Crippen LogP contribution in [0.2, 0.25) is 0 Å². The molecule has 0 saturated carbocycles. The molecule has 2 rings (SSSR count). The van der Waals surface area contributed by atoms with Gasteiger partial charge >= 0.3 is 0 Å². The number of rotatable bonds is 4. The molecule has 0 unspecified atom stereocenters. The number of hydrogen-bond acceptors (Lipinski definition) is 2. The number of hydrogen-bond donors (Lipinski definition) is 2. The van der Waals surface area contributed by atoms with Crippen LogP contribution in [0.3, 0.4) is 0 Å². The van der Waals surface area contributed by atoms with Crippen LogP contribution in [0.4, 0.5) is 10.1 Å². The van der Waals surface area contributed by atoms with Crippen molar-refractivity contribution in [1.82, 2.24) is 5.32 Å². The molecule has 0 bridgehead atoms. The van der Waals surface area contributed by atoms with Crippen molar-refractivity contribution in [3.63, 3.8) is 0 Å². The number of anilines is 1. The number of nitrogens with one attached hydrogen (secondary N) is 2. The Labute approximate surface area is 117 Å². The topological polar surface area (TPSA) is 41.1 Å². The lowest BCUT2D eigenvalue weighted by atomic mass is 10.1. The normalized spacial score (nSPS) is 10.2. The van der Waals surface area contributed by atoms with Gasteiger partial charge in [-0.1, -0.05) is 18.2 Å². The van der Waals surface area contributed by atoms with Gasteiger partial charge in [-0.15, -0.1) is 0 Å². The second-order valence-corrected chi connectivity index (χ2v) is 4.60. The zero-order valence-corrected chi connectivity index (χ0v) is 11.5. The molecule has 0 aliphatic rings. The van der Waals surface area contributed by atoms with Crippen molar-refractivity contribution in [3.05, 3.63) is 65.0 Å². The van der Waals surface area contributed by atoms with Crippen LogP contribution < -0.4 is 10.6 Å². The monoisotopic (exact) mass is 272 g/mol. The molecule has 104 valence electrons. The third-order valence-electron chi connectivity index (χ3n) is 3.07. The molecule has 0 aliphatic heterocycles. The lowest BCUT2D eigenvalue weighted by Crippen LogP contribution is -2.17. The van der Waals surface area contributed by atoms with Crippen molar-refractivity contribution in [2.75, 3.05) is 12.4 Å². The molecule has 0 saturated heterocycles. The van der Waals surface area contributed by atoms with Crippen LogP contribution in [0.15, 0.2) is 42.5 Å². The van der Waals surface area contributed by atoms with Gasteiger partial charge in [0.1, 0.15) is 5.82 Å². The van der Waals surface area contributed by atoms with Crippen molar-refractivity contribution < 1.29 is 9.18 Å². The maximum absolute atomic E-state index is 13.2. The molecule has 1 amide bonds. The highest BCUT2D eigenvalue weighted by Gasteiger charge is 2.04. The minimum atomic E-state index is -0.199. The minimum absolute atomic E-state index is 0.119. The van der Waals surface area contributed by atoms with E-state index >= 15 is 0 Å². The molecule has 20 heavy (non-hydrogen) atoms. The number of carbonyl (C=O) groups is 1. The Balaban J connectivity index is 2.07. The summed E-state index contributed by atoms with van der Waals surface area (Å²) in [7, 11) is 1.60. The van der Waals surface area contributed by atoms with E-state index in [0.29, 0.717) is 17.7 Å². The summed E-state index contributed by atoms with van der Waals surface area (Å²) >= 11 is 0. The molecule has 2 N–H and O–H groups in total. The second kappa shape index (κ2) is 6.19. The van der Waals surface area contributed by atoms with E-state index in [1.807, 2.05) is 18.2 Å². The van der Waals surface area contributed by atoms with Crippen LogP contribution in [0.25, 0.3) is 0 Å². The van der Waals surface area contributed by atoms with Crippen LogP contribution in [0.5, 0.6) is 0 Å². The molecular weight excluding hydrogens is 255 g/mol. The summed E-state index contributed by atoms with van der Waals surface area (Å²) in [5.74, 6) is -0.318. The van der Waals surface area contributed by atoms with Crippen molar-refractivity contribution in [2.45, 2.75) is 13.5 Å². The van der Waals surface area contributed by atoms with Gasteiger partial charge in [-0.3, -0.25) is 4.79 Å². The first kappa shape index (κ1) is 14.1. The fourth-order valence-electron chi connectivity index (χ4n) is 1.94. The maximum Gasteiger partial charge on any atom is 0.251 e. The van der Waals surface area contributed by atoms with Crippen LogP contribution in [0, 0.1) is 12.7 Å². The lowest BCUT2D eigenvalue weighted by Gasteiger charge is -2.09. The van der Waals surface area contributed by atoms with Gasteiger partial charge in [0, 0.05) is 24.8 Å². The molecule has 0 spiro atoms. The van der Waals surface area contributed by atoms with Gasteiger partial charge in [0.05, 0.1) is 0 Å². The van der Waals surface area contributed by atoms with Gasteiger partial charge in [0.2, 0.25) is 0 Å². The van der Waals surface area contributed by atoms with Crippen molar-refractivity contribution in [2.24, 2.45) is 0 Å². The Hall–Kier alpha value is -2.36. The summed E-state index contributed by atoms with van der Waals surface area (Å²) in [6.45, 7) is 2.32. The molecule has 0 atom stereocenters. The lowest BCUT2D eigenvalue weighted by molar-refractivity contribution is 0.0963. The predicted octanol–water partition coefficient (Wildman–Crippen LogP) is 3.11. The number of aryl methyl sites for hydroxylation is 1. The van der Waals surface area contributed by atoms with E-state index in [0.717, 1.165) is 11.3 Å². The molecule has 0 aromatic heterocycles. The number of amides is 1. The largest absolute Gasteiger partial charge is 0.381 e. The van der Waals surface area contributed by atoms with Gasteiger partial charge in [-0.25, -0.2) is 4.39 Å². The Morgan fingerprint density at radius 1 is 1.20 bits per heavy atom. The van der Waals surface area contributed by atoms with E-state index < -0.39 is 0 Å². The first-order valence-electron chi connectivity index (χ1n) is 6.41. The summed E-state index contributed by atoms with van der Waals surface area (Å²) in [5.41, 5.74) is 3.08. The molecule has 4 heteroatoms. The molecule has 2 aromatic carbocycles. The van der Waals surface area contributed by atoms with E-state index in [2.05, 4.69) is 10.6 Å². The smallest absolute Gasteiger partial charge is 0.251 e. The molecule has 0 fully saturated rings. The van der Waals surface area contributed by atoms with E-state index in [1.54, 1.807) is 32.2 Å². The highest BCUT2D eigenvalue weighted by Crippen LogP contribution is 2.14. The van der Waals surface area contributed by atoms with E-state index in [1.165, 1.54) is 6.07 Å². The summed E-state index contributed by atoms with van der Waals surface area (Å²) in [4.78, 5) is 11.5. The third kappa shape index (κ3) is 3.35. The van der Waals surface area contributed by atoms with Gasteiger partial charge in [0.15, 0.2) is 0 Å². The zero-order chi connectivity index (χ0) is 14.5. The van der Waals surface area contributed by atoms with Gasteiger partial charge in [0.25, 0.3) is 5.91 Å². The molecule has 0 heterocycles. The first-order chi connectivity index (χ1) is 9.60. The molecule has 0 radical (unpaired) electrons. The van der Waals surface area contributed by atoms with Crippen LogP contribution in [-0.4, -0.2) is 13.0 Å². The SMILES string of the molecule is CNC(=O)c1cccc(NCc2ccc(F)c(C)c2)c1. The standard InChI is InChI=1S/C16H17FN2O/c1-11-8-12(6-7-15(11)17)10-19-14-5-3-4-13(9-14)16(20)18-2/h3-9,19H,10H2,1-2H3,(H,18,20). The molecule has 3 nitrogen and oxygen atoms in total. The summed E-state index contributed by atoms with van der Waals surface area (Å²) in [6.07, 6.45) is 0. The van der Waals surface area contributed by atoms with Crippen LogP contribution in [0.1, 0.15) is 21.5 Å². The van der Waals surface area contributed by atoms with Crippen molar-refractivity contribution in [1.29, 1.82) is 0 Å². The zero-order valence-electron chi connectivity index (χ0n) is 11.5. The second-order valence-electron chi connectivity index (χ2n) is 4.60. The Morgan fingerprint density at radius 3 is 2.70 bits per heavy atom. The highest BCUT2D eigenvalue weighted by molar-refractivity contribution is 5.94. The Kier molecular flexibility index (Phi) is 4.35. The summed E-state index contributed by atoms with van der Waals surface area (Å²) in [5, 5.41) is 5.81. The van der Waals surface area contributed by atoms with Crippen LogP contribution >= 0.6 is 0 Å². The van der Waals surface area contributed by atoms with Gasteiger partial charge < -0.3 is 10.6 Å². The minimum Gasteiger partial charge on any atom is -0.381 e. The van der Waals surface area contributed by atoms with Crippen molar-refractivity contribution >= 4 is 11.6 Å². The molecule has 0 aliphatic carbocycles. The fraction of sp³-hybridized carbons (Fsp3) is 0.188. The van der Waals surface area contributed by atoms with E-state index in [4.69, 9.17) is 0 Å². The van der Waals surface area contributed by atoms with E-state index in [9.17, 15) is 9.18 Å². The summed E-state index contributed by atoms with van der Waals surface area (Å²) < 4.78 is 13.2. The van der Waals surface area contributed by atoms with Crippen LogP contribution in [-0.2, 0) is 6.54 Å². The quantitative estimate of drug-likeness (QED) is 0.898.